The van der Waals surface area contributed by atoms with Gasteiger partial charge in [0.05, 0.1) is 50.9 Å². The Labute approximate surface area is 235 Å². The van der Waals surface area contributed by atoms with Crippen LogP contribution in [-0.4, -0.2) is 4.98 Å². The fraction of sp³-hybridized carbons (Fsp3) is 0. The quantitative estimate of drug-likeness (QED) is 0.209. The van der Waals surface area contributed by atoms with Gasteiger partial charge in [-0.25, -0.2) is 0 Å². The number of rotatable bonds is 3. The number of aromatic nitrogens is 1. The molecule has 0 amide bonds. The molecule has 0 unspecified atom stereocenters. The Morgan fingerprint density at radius 3 is 1.18 bits per heavy atom. The average Bonchev–Trinajstić information content (AvgIpc) is 2.78. The topological polar surface area (TPSA) is 12.9 Å². The van der Waals surface area contributed by atoms with E-state index in [0.29, 0.717) is 58.1 Å². The highest BCUT2D eigenvalue weighted by atomic mass is 35.5. The average molecular weight is 617 g/mol. The number of nitrogens with zero attached hydrogens (tertiary/aromatic N) is 1. The molecular formula is C23H8Cl9N. The van der Waals surface area contributed by atoms with Crippen LogP contribution >= 0.6 is 104 Å². The Morgan fingerprint density at radius 2 is 0.758 bits per heavy atom. The van der Waals surface area contributed by atoms with E-state index in [9.17, 15) is 0 Å². The summed E-state index contributed by atoms with van der Waals surface area (Å²) in [4.78, 5) is 4.68. The molecule has 1 aromatic heterocycles. The van der Waals surface area contributed by atoms with Crippen molar-refractivity contribution < 1.29 is 0 Å². The maximum absolute atomic E-state index is 6.31. The summed E-state index contributed by atoms with van der Waals surface area (Å²) in [5, 5.41) is 2.58. The maximum Gasteiger partial charge on any atom is 0.0781 e. The molecule has 3 aromatic carbocycles. The summed E-state index contributed by atoms with van der Waals surface area (Å²) in [5.74, 6) is 0. The highest BCUT2D eigenvalue weighted by molar-refractivity contribution is 6.49. The van der Waals surface area contributed by atoms with Crippen LogP contribution in [0.25, 0.3) is 33.5 Å². The van der Waals surface area contributed by atoms with Gasteiger partial charge in [0.2, 0.25) is 0 Å². The lowest BCUT2D eigenvalue weighted by atomic mass is 9.96. The second-order valence-corrected chi connectivity index (χ2v) is 10.5. The lowest BCUT2D eigenvalue weighted by molar-refractivity contribution is 1.32. The van der Waals surface area contributed by atoms with Gasteiger partial charge in [-0.1, -0.05) is 104 Å². The third kappa shape index (κ3) is 5.19. The maximum atomic E-state index is 6.31. The molecule has 168 valence electrons. The van der Waals surface area contributed by atoms with Crippen LogP contribution in [0.4, 0.5) is 0 Å². The van der Waals surface area contributed by atoms with Crippen molar-refractivity contribution in [2.45, 2.75) is 0 Å². The molecule has 0 bridgehead atoms. The molecule has 0 aliphatic rings. The summed E-state index contributed by atoms with van der Waals surface area (Å²) in [6, 6.07) is 12.0. The first kappa shape index (κ1) is 25.5. The van der Waals surface area contributed by atoms with E-state index >= 15 is 0 Å². The molecule has 33 heavy (non-hydrogen) atoms. The lowest BCUT2D eigenvalue weighted by Gasteiger charge is -2.15. The van der Waals surface area contributed by atoms with Crippen LogP contribution in [0.1, 0.15) is 0 Å². The Balaban J connectivity index is 2.00. The van der Waals surface area contributed by atoms with Crippen molar-refractivity contribution in [3.8, 4) is 33.5 Å². The van der Waals surface area contributed by atoms with E-state index in [1.165, 1.54) is 0 Å². The monoisotopic (exact) mass is 613 g/mol. The van der Waals surface area contributed by atoms with Crippen molar-refractivity contribution in [3.63, 3.8) is 0 Å². The van der Waals surface area contributed by atoms with Gasteiger partial charge in [0, 0.05) is 22.9 Å². The smallest absolute Gasteiger partial charge is 0.0781 e. The molecule has 0 atom stereocenters. The Kier molecular flexibility index (Phi) is 7.88. The highest BCUT2D eigenvalue weighted by Crippen LogP contribution is 2.43. The Morgan fingerprint density at radius 1 is 0.394 bits per heavy atom. The third-order valence-electron chi connectivity index (χ3n) is 4.76. The van der Waals surface area contributed by atoms with E-state index in [0.717, 1.165) is 5.56 Å². The number of hydrogen-bond acceptors (Lipinski definition) is 1. The predicted octanol–water partition coefficient (Wildman–Crippen LogP) is 12.0. The van der Waals surface area contributed by atoms with Gasteiger partial charge in [-0.15, -0.1) is 0 Å². The SMILES string of the molecule is Clc1cc(-c2cnc(-c3cc(Cl)c(Cl)c(Cl)c3)c(-c3cc(Cl)c(Cl)c(Cl)c3)c2)cc(Cl)c1Cl. The molecule has 1 heterocycles. The second-order valence-electron chi connectivity index (χ2n) is 6.88. The van der Waals surface area contributed by atoms with Crippen LogP contribution in [0, 0.1) is 0 Å². The van der Waals surface area contributed by atoms with Gasteiger partial charge < -0.3 is 0 Å². The van der Waals surface area contributed by atoms with Crippen molar-refractivity contribution in [3.05, 3.63) is 93.9 Å². The summed E-state index contributed by atoms with van der Waals surface area (Å²) in [5.41, 5.74) is 4.01. The molecule has 4 rings (SSSR count). The molecule has 0 spiro atoms. The van der Waals surface area contributed by atoms with Crippen molar-refractivity contribution in [1.29, 1.82) is 0 Å². The lowest BCUT2D eigenvalue weighted by Crippen LogP contribution is -1.93. The number of hydrogen-bond donors (Lipinski definition) is 0. The van der Waals surface area contributed by atoms with Gasteiger partial charge in [0.25, 0.3) is 0 Å². The molecule has 0 saturated heterocycles. The number of halogens is 9. The largest absolute Gasteiger partial charge is 0.255 e. The summed E-state index contributed by atoms with van der Waals surface area (Å²) in [7, 11) is 0. The molecule has 0 saturated carbocycles. The molecule has 1 nitrogen and oxygen atoms in total. The van der Waals surface area contributed by atoms with Gasteiger partial charge in [-0.3, -0.25) is 4.98 Å². The van der Waals surface area contributed by atoms with E-state index < -0.39 is 0 Å². The summed E-state index contributed by atoms with van der Waals surface area (Å²) in [6.07, 6.45) is 1.67. The predicted molar refractivity (Wildman–Crippen MR) is 146 cm³/mol. The van der Waals surface area contributed by atoms with E-state index in [1.807, 2.05) is 6.07 Å². The first-order valence-electron chi connectivity index (χ1n) is 9.01. The van der Waals surface area contributed by atoms with Gasteiger partial charge in [-0.05, 0) is 53.6 Å². The molecular weight excluding hydrogens is 609 g/mol. The minimum Gasteiger partial charge on any atom is -0.255 e. The number of pyridine rings is 1. The zero-order chi connectivity index (χ0) is 24.0. The van der Waals surface area contributed by atoms with Crippen molar-refractivity contribution in [2.24, 2.45) is 0 Å². The summed E-state index contributed by atoms with van der Waals surface area (Å²) in [6.45, 7) is 0. The first-order valence-corrected chi connectivity index (χ1v) is 12.4. The standard InChI is InChI=1S/C23H8Cl9N/c24-14-2-9(3-15(25)20(14)30)12-1-13(10-4-16(26)21(31)17(27)5-10)23(33-8-12)11-6-18(28)22(32)19(29)7-11/h1-8H. The third-order valence-corrected chi connectivity index (χ3v) is 8.35. The van der Waals surface area contributed by atoms with Crippen molar-refractivity contribution in [2.75, 3.05) is 0 Å². The van der Waals surface area contributed by atoms with Crippen LogP contribution in [0.5, 0.6) is 0 Å². The Bertz CT molecular complexity index is 1350. The molecule has 0 aliphatic carbocycles. The molecule has 0 radical (unpaired) electrons. The summed E-state index contributed by atoms with van der Waals surface area (Å²) >= 11 is 56.0. The second kappa shape index (κ2) is 10.2. The molecule has 0 N–H and O–H groups in total. The number of benzene rings is 3. The molecule has 4 aromatic rings. The van der Waals surface area contributed by atoms with E-state index in [2.05, 4.69) is 4.98 Å². The van der Waals surface area contributed by atoms with Crippen LogP contribution in [-0.2, 0) is 0 Å². The van der Waals surface area contributed by atoms with Gasteiger partial charge in [-0.2, -0.15) is 0 Å². The molecule has 0 aliphatic heterocycles. The normalized spacial score (nSPS) is 11.2. The van der Waals surface area contributed by atoms with Crippen LogP contribution in [0.3, 0.4) is 0 Å². The van der Waals surface area contributed by atoms with Gasteiger partial charge >= 0.3 is 0 Å². The van der Waals surface area contributed by atoms with E-state index in [1.54, 1.807) is 42.6 Å². The summed E-state index contributed by atoms with van der Waals surface area (Å²) < 4.78 is 0. The molecule has 10 heteroatoms. The highest BCUT2D eigenvalue weighted by Gasteiger charge is 2.18. The van der Waals surface area contributed by atoms with Gasteiger partial charge in [0.15, 0.2) is 0 Å². The minimum absolute atomic E-state index is 0.251. The minimum atomic E-state index is 0.251. The van der Waals surface area contributed by atoms with Gasteiger partial charge in [0.1, 0.15) is 0 Å². The van der Waals surface area contributed by atoms with Crippen molar-refractivity contribution in [1.82, 2.24) is 4.98 Å². The zero-order valence-electron chi connectivity index (χ0n) is 16.0. The fourth-order valence-corrected chi connectivity index (χ4v) is 4.99. The van der Waals surface area contributed by atoms with E-state index in [-0.39, 0.29) is 15.1 Å². The van der Waals surface area contributed by atoms with Crippen LogP contribution < -0.4 is 0 Å². The van der Waals surface area contributed by atoms with Crippen molar-refractivity contribution >= 4 is 104 Å². The zero-order valence-corrected chi connectivity index (χ0v) is 22.8. The fourth-order valence-electron chi connectivity index (χ4n) is 3.20. The first-order chi connectivity index (χ1) is 15.6. The molecule has 0 fully saturated rings. The van der Waals surface area contributed by atoms with Crippen LogP contribution in [0.2, 0.25) is 45.2 Å². The van der Waals surface area contributed by atoms with Crippen LogP contribution in [0.15, 0.2) is 48.7 Å². The Hall–Kier alpha value is -0.580. The van der Waals surface area contributed by atoms with E-state index in [4.69, 9.17) is 104 Å².